The van der Waals surface area contributed by atoms with Gasteiger partial charge in [0.2, 0.25) is 5.91 Å². The van der Waals surface area contributed by atoms with Crippen LogP contribution in [-0.2, 0) is 22.6 Å². The maximum Gasteiger partial charge on any atom is 0.230 e. The first-order valence-electron chi connectivity index (χ1n) is 8.80. The average Bonchev–Trinajstić information content (AvgIpc) is 3.18. The highest BCUT2D eigenvalue weighted by atomic mass is 32.2. The molecule has 0 saturated carbocycles. The number of carbonyl (C=O) groups is 1. The Hall–Kier alpha value is -1.87. The van der Waals surface area contributed by atoms with Gasteiger partial charge in [-0.2, -0.15) is 5.10 Å². The summed E-state index contributed by atoms with van der Waals surface area (Å²) >= 11 is 1.41. The third-order valence-electron chi connectivity index (χ3n) is 3.64. The van der Waals surface area contributed by atoms with Crippen LogP contribution >= 0.6 is 11.8 Å². The van der Waals surface area contributed by atoms with Gasteiger partial charge in [0.15, 0.2) is 11.0 Å². The van der Waals surface area contributed by atoms with E-state index in [1.807, 2.05) is 23.9 Å². The molecule has 0 saturated heterocycles. The molecular formula is C17H28N6O2S. The van der Waals surface area contributed by atoms with E-state index >= 15 is 0 Å². The number of aromatic nitrogens is 5. The number of aryl methyl sites for hydroxylation is 1. The van der Waals surface area contributed by atoms with Gasteiger partial charge in [-0.1, -0.05) is 25.6 Å². The van der Waals surface area contributed by atoms with Crippen molar-refractivity contribution < 1.29 is 9.53 Å². The summed E-state index contributed by atoms with van der Waals surface area (Å²) in [6, 6.07) is 1.96. The van der Waals surface area contributed by atoms with Crippen molar-refractivity contribution in [3.8, 4) is 0 Å². The zero-order chi connectivity index (χ0) is 18.9. The maximum absolute atomic E-state index is 12.0. The van der Waals surface area contributed by atoms with E-state index in [9.17, 15) is 4.79 Å². The molecule has 9 heteroatoms. The molecule has 0 aliphatic heterocycles. The van der Waals surface area contributed by atoms with E-state index < -0.39 is 0 Å². The Bertz CT molecular complexity index is 697. The van der Waals surface area contributed by atoms with Gasteiger partial charge in [0.05, 0.1) is 11.4 Å². The van der Waals surface area contributed by atoms with E-state index in [1.54, 1.807) is 7.11 Å². The number of nitrogens with zero attached hydrogens (tertiary/aromatic N) is 5. The van der Waals surface area contributed by atoms with Gasteiger partial charge in [-0.15, -0.1) is 10.2 Å². The number of rotatable bonds is 11. The Morgan fingerprint density at radius 2 is 2.19 bits per heavy atom. The summed E-state index contributed by atoms with van der Waals surface area (Å²) in [7, 11) is 1.69. The lowest BCUT2D eigenvalue weighted by Crippen LogP contribution is -2.28. The number of carbonyl (C=O) groups excluding carboxylic acids is 1. The molecule has 0 atom stereocenters. The topological polar surface area (TPSA) is 86.9 Å². The first-order valence-corrected chi connectivity index (χ1v) is 9.78. The third-order valence-corrected chi connectivity index (χ3v) is 4.61. The van der Waals surface area contributed by atoms with Crippen LogP contribution < -0.4 is 5.32 Å². The van der Waals surface area contributed by atoms with Crippen molar-refractivity contribution in [2.75, 3.05) is 26.0 Å². The van der Waals surface area contributed by atoms with Crippen LogP contribution in [0.25, 0.3) is 0 Å². The van der Waals surface area contributed by atoms with Crippen molar-refractivity contribution in [1.29, 1.82) is 0 Å². The fourth-order valence-corrected chi connectivity index (χ4v) is 3.14. The molecule has 0 fully saturated rings. The Morgan fingerprint density at radius 1 is 1.38 bits per heavy atom. The molecule has 0 aromatic carbocycles. The van der Waals surface area contributed by atoms with Gasteiger partial charge < -0.3 is 14.6 Å². The standard InChI is InChI=1S/C17H28N6O2S/c1-13(2)10-18-16(24)12-26-17-20-19-15(23(17)7-5-9-25-4)11-22-8-6-14(3)21-22/h6,8,13H,5,7,9-12H2,1-4H3,(H,18,24). The molecule has 0 bridgehead atoms. The highest BCUT2D eigenvalue weighted by Crippen LogP contribution is 2.18. The maximum atomic E-state index is 12.0. The molecule has 0 radical (unpaired) electrons. The second-order valence-electron chi connectivity index (χ2n) is 6.54. The Morgan fingerprint density at radius 3 is 2.85 bits per heavy atom. The lowest BCUT2D eigenvalue weighted by atomic mass is 10.2. The number of amides is 1. The van der Waals surface area contributed by atoms with Crippen molar-refractivity contribution in [2.45, 2.75) is 45.4 Å². The van der Waals surface area contributed by atoms with Crippen molar-refractivity contribution in [1.82, 2.24) is 29.9 Å². The zero-order valence-electron chi connectivity index (χ0n) is 15.9. The number of thioether (sulfide) groups is 1. The molecule has 0 aliphatic rings. The van der Waals surface area contributed by atoms with Crippen molar-refractivity contribution in [3.05, 3.63) is 23.8 Å². The molecule has 2 heterocycles. The summed E-state index contributed by atoms with van der Waals surface area (Å²) in [5, 5.41) is 16.7. The molecule has 0 unspecified atom stereocenters. The van der Waals surface area contributed by atoms with Crippen molar-refractivity contribution >= 4 is 17.7 Å². The van der Waals surface area contributed by atoms with Gasteiger partial charge in [-0.3, -0.25) is 9.48 Å². The normalized spacial score (nSPS) is 11.3. The second kappa shape index (κ2) is 10.3. The molecule has 26 heavy (non-hydrogen) atoms. The summed E-state index contributed by atoms with van der Waals surface area (Å²) in [6.45, 7) is 8.74. The third kappa shape index (κ3) is 6.45. The number of hydrogen-bond acceptors (Lipinski definition) is 6. The molecular weight excluding hydrogens is 352 g/mol. The predicted molar refractivity (Wildman–Crippen MR) is 101 cm³/mol. The van der Waals surface area contributed by atoms with E-state index in [1.165, 1.54) is 11.8 Å². The van der Waals surface area contributed by atoms with E-state index in [4.69, 9.17) is 4.74 Å². The fourth-order valence-electron chi connectivity index (χ4n) is 2.33. The van der Waals surface area contributed by atoms with E-state index in [2.05, 4.69) is 39.0 Å². The highest BCUT2D eigenvalue weighted by Gasteiger charge is 2.15. The minimum absolute atomic E-state index is 0.0133. The molecule has 2 aromatic rings. The minimum atomic E-state index is 0.0133. The van der Waals surface area contributed by atoms with Gasteiger partial charge in [0, 0.05) is 33.0 Å². The molecule has 0 spiro atoms. The van der Waals surface area contributed by atoms with Gasteiger partial charge in [0.1, 0.15) is 6.54 Å². The lowest BCUT2D eigenvalue weighted by Gasteiger charge is -2.10. The average molecular weight is 381 g/mol. The molecule has 144 valence electrons. The van der Waals surface area contributed by atoms with Crippen LogP contribution in [0.5, 0.6) is 0 Å². The molecule has 2 rings (SSSR count). The minimum Gasteiger partial charge on any atom is -0.385 e. The molecule has 0 aliphatic carbocycles. The van der Waals surface area contributed by atoms with Gasteiger partial charge in [-0.05, 0) is 25.3 Å². The smallest absolute Gasteiger partial charge is 0.230 e. The van der Waals surface area contributed by atoms with Crippen LogP contribution in [0.15, 0.2) is 17.4 Å². The van der Waals surface area contributed by atoms with Crippen LogP contribution in [0.2, 0.25) is 0 Å². The quantitative estimate of drug-likeness (QED) is 0.472. The lowest BCUT2D eigenvalue weighted by molar-refractivity contribution is -0.118. The summed E-state index contributed by atoms with van der Waals surface area (Å²) in [6.07, 6.45) is 2.78. The number of methoxy groups -OCH3 is 1. The van der Waals surface area contributed by atoms with Crippen LogP contribution in [-0.4, -0.2) is 56.5 Å². The number of nitrogens with one attached hydrogen (secondary N) is 1. The van der Waals surface area contributed by atoms with Crippen LogP contribution in [0, 0.1) is 12.8 Å². The van der Waals surface area contributed by atoms with Crippen LogP contribution in [0.1, 0.15) is 31.8 Å². The molecule has 1 N–H and O–H groups in total. The van der Waals surface area contributed by atoms with Gasteiger partial charge in [-0.25, -0.2) is 0 Å². The SMILES string of the molecule is COCCCn1c(Cn2ccc(C)n2)nnc1SCC(=O)NCC(C)C. The zero-order valence-corrected chi connectivity index (χ0v) is 16.8. The highest BCUT2D eigenvalue weighted by molar-refractivity contribution is 7.99. The largest absolute Gasteiger partial charge is 0.385 e. The first kappa shape index (κ1) is 20.4. The Labute approximate surface area is 158 Å². The Balaban J connectivity index is 2.03. The molecule has 1 amide bonds. The molecule has 8 nitrogen and oxygen atoms in total. The van der Waals surface area contributed by atoms with Crippen molar-refractivity contribution in [2.24, 2.45) is 5.92 Å². The summed E-state index contributed by atoms with van der Waals surface area (Å²) < 4.78 is 9.05. The van der Waals surface area contributed by atoms with E-state index in [-0.39, 0.29) is 5.91 Å². The van der Waals surface area contributed by atoms with Crippen molar-refractivity contribution in [3.63, 3.8) is 0 Å². The summed E-state index contributed by atoms with van der Waals surface area (Å²) in [4.78, 5) is 12.0. The second-order valence-corrected chi connectivity index (χ2v) is 7.48. The Kier molecular flexibility index (Phi) is 8.11. The fraction of sp³-hybridized carbons (Fsp3) is 0.647. The summed E-state index contributed by atoms with van der Waals surface area (Å²) in [5.41, 5.74) is 0.965. The summed E-state index contributed by atoms with van der Waals surface area (Å²) in [5.74, 6) is 1.61. The van der Waals surface area contributed by atoms with Crippen LogP contribution in [0.3, 0.4) is 0 Å². The number of hydrogen-bond donors (Lipinski definition) is 1. The monoisotopic (exact) mass is 380 g/mol. The van der Waals surface area contributed by atoms with Crippen LogP contribution in [0.4, 0.5) is 0 Å². The number of ether oxygens (including phenoxy) is 1. The van der Waals surface area contributed by atoms with E-state index in [0.717, 1.165) is 29.6 Å². The first-order chi connectivity index (χ1) is 12.5. The van der Waals surface area contributed by atoms with Gasteiger partial charge >= 0.3 is 0 Å². The van der Waals surface area contributed by atoms with Gasteiger partial charge in [0.25, 0.3) is 0 Å². The molecule has 2 aromatic heterocycles. The van der Waals surface area contributed by atoms with E-state index in [0.29, 0.717) is 31.4 Å². The predicted octanol–water partition coefficient (Wildman–Crippen LogP) is 1.73.